The minimum atomic E-state index is -0.427. The normalized spacial score (nSPS) is 13.1. The minimum Gasteiger partial charge on any atom is -0.509 e. The number of benzene rings is 8. The van der Waals surface area contributed by atoms with E-state index in [1.54, 1.807) is 0 Å². The Kier molecular flexibility index (Phi) is 13.8. The van der Waals surface area contributed by atoms with Crippen LogP contribution in [0.2, 0.25) is 0 Å². The molecule has 2 aromatic heterocycles. The second-order valence-corrected chi connectivity index (χ2v) is 22.0. The number of ether oxygens (including phenoxy) is 1. The first-order valence-corrected chi connectivity index (χ1v) is 25.9. The molecule has 0 bridgehead atoms. The van der Waals surface area contributed by atoms with E-state index in [-0.39, 0.29) is 31.9 Å². The molecule has 1 aliphatic heterocycles. The van der Waals surface area contributed by atoms with Gasteiger partial charge in [0.25, 0.3) is 0 Å². The molecule has 3 heterocycles. The van der Waals surface area contributed by atoms with Gasteiger partial charge in [-0.05, 0) is 97.6 Å². The van der Waals surface area contributed by atoms with Crippen LogP contribution in [0.1, 0.15) is 107 Å². The van der Waals surface area contributed by atoms with Gasteiger partial charge in [-0.15, -0.1) is 48.3 Å². The van der Waals surface area contributed by atoms with Gasteiger partial charge < -0.3 is 19.1 Å². The molecule has 378 valence electrons. The van der Waals surface area contributed by atoms with E-state index in [0.29, 0.717) is 17.4 Å². The van der Waals surface area contributed by atoms with Crippen molar-refractivity contribution in [3.63, 3.8) is 0 Å². The van der Waals surface area contributed by atoms with E-state index >= 15 is 0 Å². The average Bonchev–Trinajstić information content (AvgIpc) is 4.04. The van der Waals surface area contributed by atoms with E-state index in [9.17, 15) is 0 Å². The summed E-state index contributed by atoms with van der Waals surface area (Å²) in [5, 5.41) is 2.25. The third-order valence-corrected chi connectivity index (χ3v) is 15.1. The third-order valence-electron chi connectivity index (χ3n) is 15.1. The van der Waals surface area contributed by atoms with Crippen LogP contribution in [0.25, 0.3) is 44.4 Å². The van der Waals surface area contributed by atoms with Gasteiger partial charge in [-0.2, -0.15) is 6.07 Å². The van der Waals surface area contributed by atoms with Crippen LogP contribution in [0.4, 0.5) is 11.4 Å². The summed E-state index contributed by atoms with van der Waals surface area (Å²) < 4.78 is 9.32. The van der Waals surface area contributed by atoms with Gasteiger partial charge in [0, 0.05) is 66.6 Å². The molecule has 10 aromatic rings. The molecule has 1 aliphatic rings. The predicted octanol–water partition coefficient (Wildman–Crippen LogP) is 17.8. The molecule has 0 saturated heterocycles. The fraction of sp³-hybridized carbons (Fsp3) is 0.188. The third kappa shape index (κ3) is 9.76. The van der Waals surface area contributed by atoms with Gasteiger partial charge >= 0.3 is 0 Å². The summed E-state index contributed by atoms with van der Waals surface area (Å²) in [6, 6.07) is 76.8. The zero-order chi connectivity index (χ0) is 51.4. The van der Waals surface area contributed by atoms with Crippen LogP contribution in [0, 0.1) is 18.8 Å². The zero-order valence-electron chi connectivity index (χ0n) is 44.3. The van der Waals surface area contributed by atoms with E-state index in [0.717, 1.165) is 50.3 Å². The summed E-state index contributed by atoms with van der Waals surface area (Å²) >= 11 is 0. The largest absolute Gasteiger partial charge is 0.509 e. The molecular weight excluding hydrogens is 1100 g/mol. The SMILES string of the molecule is CC(C)c1ccccc1C1=CN(c2[c-]c(Oc3[c-]c4c(c(C(C)(C)c5ccccc5)c3)c3ccccc3n4-c3cc(C(C)(C)c4ccccc4)ccn3)ccc2)[CH-]N1c1cc(-c2ccccc2)cc(C(C)(C)C)c1.[Pt]. The number of rotatable bonds is 12. The second kappa shape index (κ2) is 20.3. The molecule has 6 heteroatoms. The summed E-state index contributed by atoms with van der Waals surface area (Å²) in [6.07, 6.45) is 4.17. The monoisotopic (exact) mass is 1160 g/mol. The summed E-state index contributed by atoms with van der Waals surface area (Å²) in [7, 11) is 0. The van der Waals surface area contributed by atoms with Crippen LogP contribution >= 0.6 is 0 Å². The van der Waals surface area contributed by atoms with Crippen LogP contribution in [0.15, 0.2) is 207 Å². The zero-order valence-corrected chi connectivity index (χ0v) is 46.6. The maximum Gasteiger partial charge on any atom is 0.135 e. The number of pyridine rings is 1. The smallest absolute Gasteiger partial charge is 0.135 e. The summed E-state index contributed by atoms with van der Waals surface area (Å²) in [5.41, 5.74) is 15.0. The molecule has 8 aromatic carbocycles. The Morgan fingerprint density at radius 1 is 0.560 bits per heavy atom. The molecule has 0 unspecified atom stereocenters. The number of anilines is 2. The average molecular weight is 1160 g/mol. The maximum absolute atomic E-state index is 7.05. The van der Waals surface area contributed by atoms with Crippen LogP contribution < -0.4 is 14.5 Å². The van der Waals surface area contributed by atoms with Crippen LogP contribution in [0.5, 0.6) is 11.5 Å². The number of hydrogen-bond acceptors (Lipinski definition) is 4. The fourth-order valence-corrected chi connectivity index (χ4v) is 10.7. The first-order chi connectivity index (χ1) is 35.6. The first kappa shape index (κ1) is 51.0. The van der Waals surface area contributed by atoms with Gasteiger partial charge in [-0.1, -0.05) is 213 Å². The van der Waals surface area contributed by atoms with E-state index in [1.165, 1.54) is 44.5 Å². The molecule has 0 N–H and O–H groups in total. The van der Waals surface area contributed by atoms with Crippen molar-refractivity contribution in [2.75, 3.05) is 9.80 Å². The summed E-state index contributed by atoms with van der Waals surface area (Å²) in [4.78, 5) is 9.61. The molecule has 11 rings (SSSR count). The number of hydrogen-bond donors (Lipinski definition) is 0. The topological polar surface area (TPSA) is 33.5 Å². The van der Waals surface area contributed by atoms with Crippen LogP contribution in [-0.2, 0) is 37.3 Å². The molecule has 0 spiro atoms. The first-order valence-electron chi connectivity index (χ1n) is 25.9. The summed E-state index contributed by atoms with van der Waals surface area (Å²) in [5.74, 6) is 2.32. The van der Waals surface area contributed by atoms with E-state index in [2.05, 4.69) is 290 Å². The Labute approximate surface area is 458 Å². The molecule has 0 saturated carbocycles. The Morgan fingerprint density at radius 2 is 1.21 bits per heavy atom. The van der Waals surface area contributed by atoms with Gasteiger partial charge in [0.2, 0.25) is 0 Å². The molecule has 0 aliphatic carbocycles. The van der Waals surface area contributed by atoms with Crippen molar-refractivity contribution in [2.45, 2.75) is 84.5 Å². The van der Waals surface area contributed by atoms with Crippen molar-refractivity contribution in [3.05, 3.63) is 264 Å². The molecule has 5 nitrogen and oxygen atoms in total. The Bertz CT molecular complexity index is 3700. The van der Waals surface area contributed by atoms with E-state index in [4.69, 9.17) is 9.72 Å². The second-order valence-electron chi connectivity index (χ2n) is 22.0. The number of fused-ring (bicyclic) bond motifs is 3. The van der Waals surface area contributed by atoms with E-state index < -0.39 is 5.41 Å². The minimum absolute atomic E-state index is 0. The molecular formula is C69H63N4OPt-3. The van der Waals surface area contributed by atoms with Crippen LogP contribution in [0.3, 0.4) is 0 Å². The number of nitrogens with zero attached hydrogens (tertiary/aromatic N) is 4. The van der Waals surface area contributed by atoms with Gasteiger partial charge in [0.05, 0.1) is 0 Å². The number of aromatic nitrogens is 2. The molecule has 0 amide bonds. The van der Waals surface area contributed by atoms with Crippen molar-refractivity contribution in [2.24, 2.45) is 0 Å². The van der Waals surface area contributed by atoms with Gasteiger partial charge in [0.1, 0.15) is 5.82 Å². The quantitative estimate of drug-likeness (QED) is 0.114. The summed E-state index contributed by atoms with van der Waals surface area (Å²) in [6.45, 7) is 22.7. The number of para-hydroxylation sites is 1. The van der Waals surface area contributed by atoms with Crippen molar-refractivity contribution in [1.82, 2.24) is 9.55 Å². The van der Waals surface area contributed by atoms with E-state index in [1.807, 2.05) is 12.3 Å². The van der Waals surface area contributed by atoms with Gasteiger partial charge in [-0.25, -0.2) is 4.98 Å². The van der Waals surface area contributed by atoms with Crippen LogP contribution in [-0.4, -0.2) is 9.55 Å². The van der Waals surface area contributed by atoms with Gasteiger partial charge in [-0.3, -0.25) is 0 Å². The fourth-order valence-electron chi connectivity index (χ4n) is 10.7. The van der Waals surface area contributed by atoms with Crippen molar-refractivity contribution >= 4 is 38.9 Å². The molecule has 75 heavy (non-hydrogen) atoms. The van der Waals surface area contributed by atoms with Crippen molar-refractivity contribution in [1.29, 1.82) is 0 Å². The standard InChI is InChI=1S/C69H63N4O.Pt/c1-47(2)58-32-19-20-33-59(58)64-45-71(46-72(64)55-39-49(48-24-13-10-14-25-48)38-53(40-55)67(3,4)5)54-30-23-31-56(42-54)74-57-43-61(69(8,9)51-28-17-12-18-29-51)66-60-34-21-22-35-62(60)73(63(66)44-57)65-41-52(36-37-70-65)68(6,7)50-26-15-11-16-27-50;/h10-41,43,45-47H,1-9H3;/q-3;. The molecule has 0 atom stereocenters. The van der Waals surface area contributed by atoms with Crippen molar-refractivity contribution in [3.8, 4) is 28.4 Å². The maximum atomic E-state index is 7.05. The molecule has 0 fully saturated rings. The van der Waals surface area contributed by atoms with Gasteiger partial charge in [0.15, 0.2) is 0 Å². The Hall–Kier alpha value is -7.46. The predicted molar refractivity (Wildman–Crippen MR) is 308 cm³/mol. The Morgan fingerprint density at radius 3 is 1.92 bits per heavy atom. The van der Waals surface area contributed by atoms with Crippen molar-refractivity contribution < 1.29 is 25.8 Å². The Balaban J connectivity index is 0.00000641. The molecule has 0 radical (unpaired) electrons.